The fourth-order valence-electron chi connectivity index (χ4n) is 2.64. The average Bonchev–Trinajstić information content (AvgIpc) is 2.49. The first-order valence-corrected chi connectivity index (χ1v) is 12.1. The van der Waals surface area contributed by atoms with Crippen molar-refractivity contribution in [1.82, 2.24) is 4.90 Å². The van der Waals surface area contributed by atoms with Crippen LogP contribution in [0.2, 0.25) is 0 Å². The highest BCUT2D eigenvalue weighted by atomic mass is 31.2. The summed E-state index contributed by atoms with van der Waals surface area (Å²) in [5.41, 5.74) is -0.934. The highest BCUT2D eigenvalue weighted by Gasteiger charge is 2.37. The van der Waals surface area contributed by atoms with Crippen molar-refractivity contribution in [2.45, 2.75) is 85.7 Å². The second-order valence-electron chi connectivity index (χ2n) is 10.5. The quantitative estimate of drug-likeness (QED) is 0.335. The van der Waals surface area contributed by atoms with Gasteiger partial charge in [-0.2, -0.15) is 0 Å². The van der Waals surface area contributed by atoms with Gasteiger partial charge in [-0.1, -0.05) is 30.3 Å². The molecule has 0 heterocycles. The number of nitrogens with zero attached hydrogens (tertiary/aromatic N) is 1. The van der Waals surface area contributed by atoms with E-state index < -0.39 is 24.6 Å². The lowest BCUT2D eigenvalue weighted by atomic mass is 10.2. The first-order chi connectivity index (χ1) is 14.0. The van der Waals surface area contributed by atoms with Crippen molar-refractivity contribution in [2.75, 3.05) is 19.7 Å². The number of phosphoric ester groups is 1. The predicted molar refractivity (Wildman–Crippen MR) is 123 cm³/mol. The number of hydrogen-bond acceptors (Lipinski definition) is 7. The van der Waals surface area contributed by atoms with Gasteiger partial charge in [0.15, 0.2) is 0 Å². The van der Waals surface area contributed by atoms with Gasteiger partial charge in [-0.3, -0.25) is 23.3 Å². The van der Waals surface area contributed by atoms with Gasteiger partial charge in [0.1, 0.15) is 5.60 Å². The van der Waals surface area contributed by atoms with E-state index in [1.165, 1.54) is 0 Å². The monoisotopic (exact) mass is 457 g/mol. The zero-order chi connectivity index (χ0) is 23.9. The Hall–Kier alpha value is -1.24. The summed E-state index contributed by atoms with van der Waals surface area (Å²) < 4.78 is 35.6. The summed E-state index contributed by atoms with van der Waals surface area (Å²) in [6.07, 6.45) is 0. The fraction of sp³-hybridized carbons (Fsp3) is 0.696. The summed E-state index contributed by atoms with van der Waals surface area (Å²) in [5.74, 6) is -0.330. The first-order valence-electron chi connectivity index (χ1n) is 10.6. The van der Waals surface area contributed by atoms with Gasteiger partial charge in [-0.05, 0) is 67.9 Å². The van der Waals surface area contributed by atoms with Gasteiger partial charge < -0.3 is 4.74 Å². The van der Waals surface area contributed by atoms with Gasteiger partial charge in [0.25, 0.3) is 0 Å². The third-order valence-electron chi connectivity index (χ3n) is 3.45. The van der Waals surface area contributed by atoms with Crippen LogP contribution in [-0.2, 0) is 34.2 Å². The van der Waals surface area contributed by atoms with Gasteiger partial charge in [0.2, 0.25) is 0 Å². The molecule has 1 aromatic rings. The van der Waals surface area contributed by atoms with Crippen LogP contribution in [0, 0.1) is 0 Å². The number of phosphoric acid groups is 1. The van der Waals surface area contributed by atoms with Crippen LogP contribution < -0.4 is 0 Å². The molecule has 0 aliphatic carbocycles. The second-order valence-corrected chi connectivity index (χ2v) is 12.0. The van der Waals surface area contributed by atoms with Crippen LogP contribution in [0.1, 0.15) is 67.9 Å². The minimum Gasteiger partial charge on any atom is -0.459 e. The lowest BCUT2D eigenvalue weighted by molar-refractivity contribution is -0.156. The van der Waals surface area contributed by atoms with Crippen LogP contribution in [0.15, 0.2) is 30.3 Å². The maximum Gasteiger partial charge on any atom is 0.475 e. The topological polar surface area (TPSA) is 74.3 Å². The molecule has 0 aliphatic heterocycles. The molecule has 8 heteroatoms. The normalized spacial score (nSPS) is 13.5. The number of esters is 1. The number of carbonyl (C=O) groups is 1. The molecule has 0 N–H and O–H groups in total. The van der Waals surface area contributed by atoms with E-state index >= 15 is 0 Å². The third kappa shape index (κ3) is 13.7. The van der Waals surface area contributed by atoms with E-state index in [0.29, 0.717) is 13.1 Å². The minimum absolute atomic E-state index is 0.0685. The predicted octanol–water partition coefficient (Wildman–Crippen LogP) is 5.59. The molecule has 0 atom stereocenters. The summed E-state index contributed by atoms with van der Waals surface area (Å²) in [7, 11) is -3.81. The van der Waals surface area contributed by atoms with E-state index in [1.807, 2.05) is 56.0 Å². The van der Waals surface area contributed by atoms with Crippen molar-refractivity contribution >= 4 is 13.8 Å². The molecular formula is C23H40NO6P. The van der Waals surface area contributed by atoms with Crippen molar-refractivity contribution in [1.29, 1.82) is 0 Å². The van der Waals surface area contributed by atoms with Crippen LogP contribution in [-0.4, -0.2) is 47.4 Å². The average molecular weight is 458 g/mol. The Bertz CT molecular complexity index is 711. The Kier molecular flexibility index (Phi) is 9.92. The van der Waals surface area contributed by atoms with Crippen molar-refractivity contribution < 1.29 is 27.7 Å². The second kappa shape index (κ2) is 11.1. The van der Waals surface area contributed by atoms with Crippen LogP contribution >= 0.6 is 7.82 Å². The molecule has 0 saturated heterocycles. The maximum absolute atomic E-state index is 13.2. The summed E-state index contributed by atoms with van der Waals surface area (Å²) in [6, 6.07) is 9.80. The van der Waals surface area contributed by atoms with E-state index in [-0.39, 0.29) is 19.1 Å². The Morgan fingerprint density at radius 3 is 1.84 bits per heavy atom. The van der Waals surface area contributed by atoms with Crippen molar-refractivity contribution in [3.05, 3.63) is 35.9 Å². The standard InChI is InChI=1S/C23H40NO6P/c1-21(2,3)28-20(25)18-24(17-19-13-11-10-12-14-19)15-16-27-31(26,29-22(4,5)6)30-23(7,8)9/h10-14H,15-18H2,1-9H3. The van der Waals surface area contributed by atoms with Gasteiger partial charge in [0, 0.05) is 13.1 Å². The molecule has 178 valence electrons. The van der Waals surface area contributed by atoms with Crippen molar-refractivity contribution in [3.63, 3.8) is 0 Å². The summed E-state index contributed by atoms with van der Waals surface area (Å²) in [6.45, 7) is 17.3. The van der Waals surface area contributed by atoms with Crippen LogP contribution in [0.5, 0.6) is 0 Å². The third-order valence-corrected chi connectivity index (χ3v) is 5.49. The zero-order valence-corrected chi connectivity index (χ0v) is 21.5. The van der Waals surface area contributed by atoms with Crippen molar-refractivity contribution in [3.8, 4) is 0 Å². The Balaban J connectivity index is 2.86. The molecule has 31 heavy (non-hydrogen) atoms. The fourth-order valence-corrected chi connectivity index (χ4v) is 4.43. The number of ether oxygens (including phenoxy) is 1. The first kappa shape index (κ1) is 27.8. The van der Waals surface area contributed by atoms with Gasteiger partial charge in [-0.15, -0.1) is 0 Å². The molecule has 0 fully saturated rings. The van der Waals surface area contributed by atoms with Crippen LogP contribution in [0.3, 0.4) is 0 Å². The lowest BCUT2D eigenvalue weighted by Crippen LogP contribution is -2.36. The molecule has 0 aromatic heterocycles. The molecule has 0 amide bonds. The van der Waals surface area contributed by atoms with Gasteiger partial charge in [-0.25, -0.2) is 4.57 Å². The molecule has 0 bridgehead atoms. The number of carbonyl (C=O) groups excluding carboxylic acids is 1. The number of benzene rings is 1. The van der Waals surface area contributed by atoms with Gasteiger partial charge >= 0.3 is 13.8 Å². The van der Waals surface area contributed by atoms with E-state index in [4.69, 9.17) is 18.3 Å². The number of hydrogen-bond donors (Lipinski definition) is 0. The molecular weight excluding hydrogens is 417 g/mol. The summed E-state index contributed by atoms with van der Waals surface area (Å²) in [4.78, 5) is 14.3. The Labute approximate surface area is 188 Å². The van der Waals surface area contributed by atoms with Crippen LogP contribution in [0.4, 0.5) is 0 Å². The minimum atomic E-state index is -3.81. The van der Waals surface area contributed by atoms with E-state index in [2.05, 4.69) is 0 Å². The summed E-state index contributed by atoms with van der Waals surface area (Å²) >= 11 is 0. The van der Waals surface area contributed by atoms with Crippen LogP contribution in [0.25, 0.3) is 0 Å². The smallest absolute Gasteiger partial charge is 0.459 e. The molecule has 0 spiro atoms. The number of rotatable bonds is 10. The van der Waals surface area contributed by atoms with E-state index in [1.54, 1.807) is 41.5 Å². The van der Waals surface area contributed by atoms with Crippen molar-refractivity contribution in [2.24, 2.45) is 0 Å². The molecule has 0 saturated carbocycles. The molecule has 1 aromatic carbocycles. The van der Waals surface area contributed by atoms with Gasteiger partial charge in [0.05, 0.1) is 24.4 Å². The molecule has 0 radical (unpaired) electrons. The largest absolute Gasteiger partial charge is 0.475 e. The molecule has 0 unspecified atom stereocenters. The summed E-state index contributed by atoms with van der Waals surface area (Å²) in [5, 5.41) is 0. The van der Waals surface area contributed by atoms with E-state index in [0.717, 1.165) is 5.56 Å². The lowest BCUT2D eigenvalue weighted by Gasteiger charge is -2.31. The molecule has 7 nitrogen and oxygen atoms in total. The Morgan fingerprint density at radius 1 is 0.871 bits per heavy atom. The highest BCUT2D eigenvalue weighted by Crippen LogP contribution is 2.55. The molecule has 0 aliphatic rings. The molecule has 1 rings (SSSR count). The maximum atomic E-state index is 13.2. The van der Waals surface area contributed by atoms with E-state index in [9.17, 15) is 9.36 Å². The zero-order valence-electron chi connectivity index (χ0n) is 20.6. The highest BCUT2D eigenvalue weighted by molar-refractivity contribution is 7.48. The SMILES string of the molecule is CC(C)(C)OC(=O)CN(CCOP(=O)(OC(C)(C)C)OC(C)(C)C)Cc1ccccc1. The Morgan fingerprint density at radius 2 is 1.39 bits per heavy atom.